The van der Waals surface area contributed by atoms with Gasteiger partial charge >= 0.3 is 0 Å². The van der Waals surface area contributed by atoms with Crippen molar-refractivity contribution in [3.05, 3.63) is 64.6 Å². The predicted octanol–water partition coefficient (Wildman–Crippen LogP) is 3.47. The Morgan fingerprint density at radius 1 is 1.08 bits per heavy atom. The number of halogens is 1. The molecule has 0 aromatic heterocycles. The molecule has 0 saturated heterocycles. The van der Waals surface area contributed by atoms with Gasteiger partial charge in [0.15, 0.2) is 5.96 Å². The van der Waals surface area contributed by atoms with Crippen LogP contribution in [0.25, 0.3) is 10.8 Å². The second-order valence-corrected chi connectivity index (χ2v) is 6.14. The maximum Gasteiger partial charge on any atom is 0.259 e. The van der Waals surface area contributed by atoms with Crippen LogP contribution < -0.4 is 16.8 Å². The van der Waals surface area contributed by atoms with E-state index in [0.29, 0.717) is 15.8 Å². The number of phenolic OH excluding ortho intramolecular Hbond substituents is 1. The molecule has 3 aromatic rings. The number of aliphatic imine (C=N–C) groups is 1. The number of phenols is 1. The van der Waals surface area contributed by atoms with Crippen LogP contribution in [0.1, 0.15) is 10.4 Å². The van der Waals surface area contributed by atoms with Crippen molar-refractivity contribution in [2.75, 3.05) is 5.32 Å². The molecule has 25 heavy (non-hydrogen) atoms. The predicted molar refractivity (Wildman–Crippen MR) is 103 cm³/mol. The van der Waals surface area contributed by atoms with Gasteiger partial charge in [0.2, 0.25) is 0 Å². The standard InChI is InChI=1S/C18H15BrN4O2/c19-15-13-4-2-1-3-10(13)9-14(16(15)24)17(25)22-11-5-7-12(8-6-11)23-18(20)21/h1-9,24H,(H,22,25)(H4,20,21,23). The topological polar surface area (TPSA) is 114 Å². The minimum atomic E-state index is -0.418. The number of benzene rings is 3. The number of hydrogen-bond acceptors (Lipinski definition) is 3. The van der Waals surface area contributed by atoms with E-state index >= 15 is 0 Å². The van der Waals surface area contributed by atoms with Crippen molar-refractivity contribution in [1.29, 1.82) is 0 Å². The normalized spacial score (nSPS) is 10.4. The van der Waals surface area contributed by atoms with Crippen LogP contribution in [0.3, 0.4) is 0 Å². The Bertz CT molecular complexity index is 980. The second kappa shape index (κ2) is 6.82. The molecule has 126 valence electrons. The van der Waals surface area contributed by atoms with Gasteiger partial charge in [0.1, 0.15) is 5.75 Å². The van der Waals surface area contributed by atoms with Crippen molar-refractivity contribution < 1.29 is 9.90 Å². The first-order chi connectivity index (χ1) is 12.0. The smallest absolute Gasteiger partial charge is 0.259 e. The molecular weight excluding hydrogens is 384 g/mol. The summed E-state index contributed by atoms with van der Waals surface area (Å²) in [5.74, 6) is -0.561. The van der Waals surface area contributed by atoms with E-state index in [4.69, 9.17) is 11.5 Å². The Morgan fingerprint density at radius 3 is 2.44 bits per heavy atom. The van der Waals surface area contributed by atoms with Gasteiger partial charge in [-0.15, -0.1) is 0 Å². The van der Waals surface area contributed by atoms with Crippen molar-refractivity contribution >= 4 is 49.9 Å². The number of nitrogens with one attached hydrogen (secondary N) is 1. The number of fused-ring (bicyclic) bond motifs is 1. The Morgan fingerprint density at radius 2 is 1.76 bits per heavy atom. The fourth-order valence-corrected chi connectivity index (χ4v) is 3.01. The lowest BCUT2D eigenvalue weighted by Crippen LogP contribution is -2.21. The lowest BCUT2D eigenvalue weighted by Gasteiger charge is -2.11. The van der Waals surface area contributed by atoms with E-state index in [9.17, 15) is 9.90 Å². The number of hydrogen-bond donors (Lipinski definition) is 4. The third-order valence-corrected chi connectivity index (χ3v) is 4.39. The molecule has 0 atom stereocenters. The zero-order valence-corrected chi connectivity index (χ0v) is 14.6. The highest BCUT2D eigenvalue weighted by Crippen LogP contribution is 2.36. The molecule has 3 rings (SSSR count). The van der Waals surface area contributed by atoms with Gasteiger partial charge in [-0.3, -0.25) is 4.79 Å². The van der Waals surface area contributed by atoms with Crippen LogP contribution in [-0.2, 0) is 0 Å². The van der Waals surface area contributed by atoms with Crippen molar-refractivity contribution in [3.63, 3.8) is 0 Å². The number of nitrogens with zero attached hydrogens (tertiary/aromatic N) is 1. The summed E-state index contributed by atoms with van der Waals surface area (Å²) >= 11 is 3.35. The zero-order chi connectivity index (χ0) is 18.0. The summed E-state index contributed by atoms with van der Waals surface area (Å²) in [6, 6.07) is 15.8. The van der Waals surface area contributed by atoms with E-state index in [2.05, 4.69) is 26.2 Å². The van der Waals surface area contributed by atoms with Gasteiger partial charge in [0.05, 0.1) is 15.7 Å². The molecule has 1 amide bonds. The first kappa shape index (κ1) is 16.8. The summed E-state index contributed by atoms with van der Waals surface area (Å²) < 4.78 is 0.485. The van der Waals surface area contributed by atoms with E-state index in [1.807, 2.05) is 24.3 Å². The highest BCUT2D eigenvalue weighted by molar-refractivity contribution is 9.10. The molecule has 0 fully saturated rings. The molecule has 3 aromatic carbocycles. The average molecular weight is 399 g/mol. The SMILES string of the molecule is NC(N)=Nc1ccc(NC(=O)c2cc3ccccc3c(Br)c2O)cc1. The first-order valence-corrected chi connectivity index (χ1v) is 8.16. The molecular formula is C18H15BrN4O2. The zero-order valence-electron chi connectivity index (χ0n) is 13.0. The van der Waals surface area contributed by atoms with Crippen LogP contribution in [0, 0.1) is 0 Å². The largest absolute Gasteiger partial charge is 0.506 e. The Kier molecular flexibility index (Phi) is 4.58. The highest BCUT2D eigenvalue weighted by Gasteiger charge is 2.16. The van der Waals surface area contributed by atoms with Gasteiger partial charge in [-0.25, -0.2) is 4.99 Å². The average Bonchev–Trinajstić information content (AvgIpc) is 2.59. The number of aromatic hydroxyl groups is 1. The van der Waals surface area contributed by atoms with Crippen LogP contribution in [0.15, 0.2) is 64.1 Å². The van der Waals surface area contributed by atoms with Gasteiger partial charge in [0.25, 0.3) is 5.91 Å². The fraction of sp³-hybridized carbons (Fsp3) is 0. The van der Waals surface area contributed by atoms with Crippen molar-refractivity contribution in [2.45, 2.75) is 0 Å². The third kappa shape index (κ3) is 3.56. The van der Waals surface area contributed by atoms with Gasteiger partial charge in [-0.1, -0.05) is 24.3 Å². The van der Waals surface area contributed by atoms with Crippen LogP contribution in [-0.4, -0.2) is 17.0 Å². The number of amides is 1. The summed E-state index contributed by atoms with van der Waals surface area (Å²) in [6.45, 7) is 0. The molecule has 0 bridgehead atoms. The van der Waals surface area contributed by atoms with Crippen LogP contribution in [0.2, 0.25) is 0 Å². The third-order valence-electron chi connectivity index (χ3n) is 3.59. The van der Waals surface area contributed by atoms with Crippen LogP contribution >= 0.6 is 15.9 Å². The number of carbonyl (C=O) groups is 1. The van der Waals surface area contributed by atoms with Crippen LogP contribution in [0.4, 0.5) is 11.4 Å². The monoisotopic (exact) mass is 398 g/mol. The van der Waals surface area contributed by atoms with Crippen LogP contribution in [0.5, 0.6) is 5.75 Å². The number of carbonyl (C=O) groups excluding carboxylic acids is 1. The molecule has 0 heterocycles. The molecule has 0 radical (unpaired) electrons. The number of anilines is 1. The minimum Gasteiger partial charge on any atom is -0.506 e. The molecule has 6 N–H and O–H groups in total. The van der Waals surface area contributed by atoms with Gasteiger partial charge in [-0.05, 0) is 57.0 Å². The molecule has 0 aliphatic carbocycles. The molecule has 0 aliphatic heterocycles. The minimum absolute atomic E-state index is 0.0391. The van der Waals surface area contributed by atoms with Crippen molar-refractivity contribution in [1.82, 2.24) is 0 Å². The molecule has 6 nitrogen and oxygen atoms in total. The highest BCUT2D eigenvalue weighted by atomic mass is 79.9. The molecule has 0 spiro atoms. The summed E-state index contributed by atoms with van der Waals surface area (Å²) in [5, 5.41) is 14.8. The first-order valence-electron chi connectivity index (χ1n) is 7.37. The Balaban J connectivity index is 1.90. The van der Waals surface area contributed by atoms with Gasteiger partial charge in [0, 0.05) is 5.69 Å². The quantitative estimate of drug-likeness (QED) is 0.399. The van der Waals surface area contributed by atoms with Gasteiger partial charge < -0.3 is 21.9 Å². The maximum absolute atomic E-state index is 12.5. The Hall–Kier alpha value is -3.06. The second-order valence-electron chi connectivity index (χ2n) is 5.35. The number of nitrogens with two attached hydrogens (primary N) is 2. The van der Waals surface area contributed by atoms with Crippen molar-refractivity contribution in [2.24, 2.45) is 16.5 Å². The number of rotatable bonds is 3. The van der Waals surface area contributed by atoms with E-state index in [-0.39, 0.29) is 17.3 Å². The lowest BCUT2D eigenvalue weighted by atomic mass is 10.1. The molecule has 0 saturated carbocycles. The summed E-state index contributed by atoms with van der Waals surface area (Å²) in [5.41, 5.74) is 12.0. The van der Waals surface area contributed by atoms with E-state index < -0.39 is 5.91 Å². The van der Waals surface area contributed by atoms with Crippen molar-refractivity contribution in [3.8, 4) is 5.75 Å². The van der Waals surface area contributed by atoms with E-state index in [1.165, 1.54) is 0 Å². The fourth-order valence-electron chi connectivity index (χ4n) is 2.43. The van der Waals surface area contributed by atoms with E-state index in [1.54, 1.807) is 30.3 Å². The maximum atomic E-state index is 12.5. The lowest BCUT2D eigenvalue weighted by molar-refractivity contribution is 0.102. The molecule has 0 aliphatic rings. The van der Waals surface area contributed by atoms with Gasteiger partial charge in [-0.2, -0.15) is 0 Å². The molecule has 7 heteroatoms. The summed E-state index contributed by atoms with van der Waals surface area (Å²) in [4.78, 5) is 16.4. The van der Waals surface area contributed by atoms with E-state index in [0.717, 1.165) is 10.8 Å². The summed E-state index contributed by atoms with van der Waals surface area (Å²) in [7, 11) is 0. The molecule has 0 unspecified atom stereocenters. The number of guanidine groups is 1. The Labute approximate surface area is 152 Å². The summed E-state index contributed by atoms with van der Waals surface area (Å²) in [6.07, 6.45) is 0.